The SMILES string of the molecule is CC1(C)CC(NC(=O)c2ccc3c(c2)CCN3)CCO1. The normalized spacial score (nSPS) is 23.8. The van der Waals surface area contributed by atoms with Crippen LogP contribution < -0.4 is 10.6 Å². The molecule has 2 aliphatic heterocycles. The second kappa shape index (κ2) is 5.09. The summed E-state index contributed by atoms with van der Waals surface area (Å²) in [7, 11) is 0. The first kappa shape index (κ1) is 13.4. The molecule has 1 saturated heterocycles. The molecule has 2 heterocycles. The fourth-order valence-electron chi connectivity index (χ4n) is 3.07. The van der Waals surface area contributed by atoms with Crippen molar-refractivity contribution in [1.82, 2.24) is 5.32 Å². The number of carbonyl (C=O) groups excluding carboxylic acids is 1. The molecule has 4 nitrogen and oxygen atoms in total. The quantitative estimate of drug-likeness (QED) is 0.870. The van der Waals surface area contributed by atoms with Gasteiger partial charge >= 0.3 is 0 Å². The average molecular weight is 274 g/mol. The molecule has 4 heteroatoms. The molecule has 0 radical (unpaired) electrons. The number of benzene rings is 1. The summed E-state index contributed by atoms with van der Waals surface area (Å²) in [5.41, 5.74) is 3.02. The standard InChI is InChI=1S/C16H22N2O2/c1-16(2)10-13(6-8-20-16)18-15(19)12-3-4-14-11(9-12)5-7-17-14/h3-4,9,13,17H,5-8,10H2,1-2H3,(H,18,19). The summed E-state index contributed by atoms with van der Waals surface area (Å²) in [4.78, 5) is 12.4. The largest absolute Gasteiger partial charge is 0.384 e. The van der Waals surface area contributed by atoms with Crippen LogP contribution in [0.4, 0.5) is 5.69 Å². The highest BCUT2D eigenvalue weighted by Crippen LogP contribution is 2.25. The Kier molecular flexibility index (Phi) is 3.42. The van der Waals surface area contributed by atoms with Gasteiger partial charge in [-0.3, -0.25) is 4.79 Å². The molecule has 0 aromatic heterocycles. The molecule has 108 valence electrons. The Labute approximate surface area is 119 Å². The lowest BCUT2D eigenvalue weighted by molar-refractivity contribution is -0.0615. The van der Waals surface area contributed by atoms with E-state index in [0.29, 0.717) is 6.61 Å². The molecule has 1 atom stereocenters. The fraction of sp³-hybridized carbons (Fsp3) is 0.562. The summed E-state index contributed by atoms with van der Waals surface area (Å²) in [6.45, 7) is 5.83. The maximum absolute atomic E-state index is 12.4. The summed E-state index contributed by atoms with van der Waals surface area (Å²) in [6.07, 6.45) is 2.76. The van der Waals surface area contributed by atoms with Gasteiger partial charge in [-0.05, 0) is 56.9 Å². The van der Waals surface area contributed by atoms with E-state index in [1.165, 1.54) is 5.56 Å². The molecule has 2 N–H and O–H groups in total. The van der Waals surface area contributed by atoms with Crippen LogP contribution in [0.3, 0.4) is 0 Å². The summed E-state index contributed by atoms with van der Waals surface area (Å²) in [6, 6.07) is 6.12. The fourth-order valence-corrected chi connectivity index (χ4v) is 3.07. The molecule has 0 saturated carbocycles. The lowest BCUT2D eigenvalue weighted by atomic mass is 9.93. The zero-order valence-corrected chi connectivity index (χ0v) is 12.2. The van der Waals surface area contributed by atoms with Crippen LogP contribution in [0.15, 0.2) is 18.2 Å². The predicted molar refractivity (Wildman–Crippen MR) is 79.2 cm³/mol. The van der Waals surface area contributed by atoms with Crippen molar-refractivity contribution >= 4 is 11.6 Å². The van der Waals surface area contributed by atoms with Crippen LogP contribution in [0.5, 0.6) is 0 Å². The number of amides is 1. The molecular formula is C16H22N2O2. The summed E-state index contributed by atoms with van der Waals surface area (Å²) in [5, 5.41) is 6.45. The van der Waals surface area contributed by atoms with Crippen LogP contribution in [0.25, 0.3) is 0 Å². The highest BCUT2D eigenvalue weighted by Gasteiger charge is 2.29. The minimum Gasteiger partial charge on any atom is -0.384 e. The van der Waals surface area contributed by atoms with Gasteiger partial charge in [0.15, 0.2) is 0 Å². The van der Waals surface area contributed by atoms with Gasteiger partial charge in [-0.25, -0.2) is 0 Å². The number of nitrogens with one attached hydrogen (secondary N) is 2. The zero-order valence-electron chi connectivity index (χ0n) is 12.2. The van der Waals surface area contributed by atoms with Crippen molar-refractivity contribution in [3.63, 3.8) is 0 Å². The number of ether oxygens (including phenoxy) is 1. The first-order valence-electron chi connectivity index (χ1n) is 7.35. The number of hydrogen-bond donors (Lipinski definition) is 2. The topological polar surface area (TPSA) is 50.4 Å². The highest BCUT2D eigenvalue weighted by atomic mass is 16.5. The smallest absolute Gasteiger partial charge is 0.251 e. The van der Waals surface area contributed by atoms with Crippen molar-refractivity contribution in [3.05, 3.63) is 29.3 Å². The molecular weight excluding hydrogens is 252 g/mol. The van der Waals surface area contributed by atoms with Crippen LogP contribution >= 0.6 is 0 Å². The van der Waals surface area contributed by atoms with Gasteiger partial charge in [0.1, 0.15) is 0 Å². The molecule has 1 amide bonds. The lowest BCUT2D eigenvalue weighted by Gasteiger charge is -2.35. The van der Waals surface area contributed by atoms with Crippen molar-refractivity contribution in [2.24, 2.45) is 0 Å². The molecule has 0 bridgehead atoms. The van der Waals surface area contributed by atoms with Gasteiger partial charge < -0.3 is 15.4 Å². The minimum absolute atomic E-state index is 0.0300. The van der Waals surface area contributed by atoms with Gasteiger partial charge in [-0.2, -0.15) is 0 Å². The van der Waals surface area contributed by atoms with E-state index >= 15 is 0 Å². The van der Waals surface area contributed by atoms with Gasteiger partial charge in [0.25, 0.3) is 5.91 Å². The molecule has 20 heavy (non-hydrogen) atoms. The van der Waals surface area contributed by atoms with Crippen LogP contribution in [-0.2, 0) is 11.2 Å². The van der Waals surface area contributed by atoms with Crippen LogP contribution in [-0.4, -0.2) is 30.7 Å². The predicted octanol–water partition coefficient (Wildman–Crippen LogP) is 2.34. The van der Waals surface area contributed by atoms with Gasteiger partial charge in [-0.1, -0.05) is 0 Å². The Morgan fingerprint density at radius 2 is 2.30 bits per heavy atom. The van der Waals surface area contributed by atoms with Crippen LogP contribution in [0.2, 0.25) is 0 Å². The highest BCUT2D eigenvalue weighted by molar-refractivity contribution is 5.95. The minimum atomic E-state index is -0.141. The van der Waals surface area contributed by atoms with E-state index in [0.717, 1.165) is 37.1 Å². The third kappa shape index (κ3) is 2.80. The summed E-state index contributed by atoms with van der Waals surface area (Å²) >= 11 is 0. The monoisotopic (exact) mass is 274 g/mol. The van der Waals surface area contributed by atoms with E-state index in [9.17, 15) is 4.79 Å². The number of carbonyl (C=O) groups is 1. The van der Waals surface area contributed by atoms with E-state index in [1.807, 2.05) is 18.2 Å². The van der Waals surface area contributed by atoms with Crippen LogP contribution in [0, 0.1) is 0 Å². The van der Waals surface area contributed by atoms with Crippen molar-refractivity contribution in [1.29, 1.82) is 0 Å². The maximum atomic E-state index is 12.4. The van der Waals surface area contributed by atoms with Crippen molar-refractivity contribution < 1.29 is 9.53 Å². The molecule has 1 unspecified atom stereocenters. The number of hydrogen-bond acceptors (Lipinski definition) is 3. The third-order valence-electron chi connectivity index (χ3n) is 4.11. The number of anilines is 1. The summed E-state index contributed by atoms with van der Waals surface area (Å²) in [5.74, 6) is 0.0300. The number of fused-ring (bicyclic) bond motifs is 1. The van der Waals surface area contributed by atoms with E-state index in [2.05, 4.69) is 24.5 Å². The molecule has 1 fully saturated rings. The van der Waals surface area contributed by atoms with Crippen molar-refractivity contribution in [2.75, 3.05) is 18.5 Å². The molecule has 1 aromatic carbocycles. The Morgan fingerprint density at radius 3 is 3.10 bits per heavy atom. The van der Waals surface area contributed by atoms with Crippen molar-refractivity contribution in [2.45, 2.75) is 44.8 Å². The Bertz CT molecular complexity index is 525. The Hall–Kier alpha value is -1.55. The second-order valence-electron chi connectivity index (χ2n) is 6.32. The van der Waals surface area contributed by atoms with Gasteiger partial charge in [0, 0.05) is 30.4 Å². The molecule has 2 aliphatic rings. The second-order valence-corrected chi connectivity index (χ2v) is 6.32. The number of rotatable bonds is 2. The molecule has 1 aromatic rings. The molecule has 3 rings (SSSR count). The first-order chi connectivity index (χ1) is 9.53. The lowest BCUT2D eigenvalue weighted by Crippen LogP contribution is -2.45. The van der Waals surface area contributed by atoms with E-state index in [-0.39, 0.29) is 17.6 Å². The van der Waals surface area contributed by atoms with Gasteiger partial charge in [0.2, 0.25) is 0 Å². The first-order valence-corrected chi connectivity index (χ1v) is 7.35. The molecule has 0 spiro atoms. The third-order valence-corrected chi connectivity index (χ3v) is 4.11. The van der Waals surface area contributed by atoms with Crippen LogP contribution in [0.1, 0.15) is 42.6 Å². The average Bonchev–Trinajstić information content (AvgIpc) is 2.84. The Morgan fingerprint density at radius 1 is 1.45 bits per heavy atom. The Balaban J connectivity index is 1.67. The van der Waals surface area contributed by atoms with E-state index in [1.54, 1.807) is 0 Å². The maximum Gasteiger partial charge on any atom is 0.251 e. The summed E-state index contributed by atoms with van der Waals surface area (Å²) < 4.78 is 5.68. The van der Waals surface area contributed by atoms with Gasteiger partial charge in [0.05, 0.1) is 5.60 Å². The molecule has 0 aliphatic carbocycles. The van der Waals surface area contributed by atoms with Crippen molar-refractivity contribution in [3.8, 4) is 0 Å². The van der Waals surface area contributed by atoms with Gasteiger partial charge in [-0.15, -0.1) is 0 Å². The van der Waals surface area contributed by atoms with E-state index in [4.69, 9.17) is 4.74 Å². The zero-order chi connectivity index (χ0) is 14.2. The van der Waals surface area contributed by atoms with E-state index < -0.39 is 0 Å².